The Morgan fingerprint density at radius 1 is 0.546 bits per heavy atom. The molecule has 11 N–H and O–H groups in total. The van der Waals surface area contributed by atoms with Crippen LogP contribution in [0.2, 0.25) is 0 Å². The summed E-state index contributed by atoms with van der Waals surface area (Å²) in [6.45, 7) is 19.7. The van der Waals surface area contributed by atoms with Gasteiger partial charge in [0.25, 0.3) is 17.7 Å². The van der Waals surface area contributed by atoms with Crippen molar-refractivity contribution in [1.82, 2.24) is 30.6 Å². The third-order valence-corrected chi connectivity index (χ3v) is 22.2. The molecule has 12 aliphatic rings. The maximum atomic E-state index is 13.4. The van der Waals surface area contributed by atoms with Gasteiger partial charge in [0.2, 0.25) is 0 Å². The lowest BCUT2D eigenvalue weighted by molar-refractivity contribution is -0.325. The van der Waals surface area contributed by atoms with Gasteiger partial charge in [0.05, 0.1) is 63.0 Å². The van der Waals surface area contributed by atoms with Gasteiger partial charge in [0.1, 0.15) is 5.76 Å². The van der Waals surface area contributed by atoms with Crippen LogP contribution in [0, 0.1) is 88.8 Å². The molecule has 1 aromatic heterocycles. The molecule has 16 rings (SSSR count). The zero-order chi connectivity index (χ0) is 69.3. The van der Waals surface area contributed by atoms with E-state index in [0.717, 1.165) is 58.1 Å². The van der Waals surface area contributed by atoms with Crippen molar-refractivity contribution in [3.8, 4) is 5.69 Å². The van der Waals surface area contributed by atoms with Crippen molar-refractivity contribution < 1.29 is 62.3 Å². The molecule has 0 radical (unpaired) electrons. The number of hydrazone groups is 1. The summed E-state index contributed by atoms with van der Waals surface area (Å²) < 4.78 is 1.95. The molecule has 0 saturated heterocycles. The average Bonchev–Trinajstić information content (AvgIpc) is 0.908. The summed E-state index contributed by atoms with van der Waals surface area (Å²) in [6, 6.07) is 21.7. The number of carboxylic acids is 2. The van der Waals surface area contributed by atoms with Crippen LogP contribution in [0.3, 0.4) is 0 Å². The highest BCUT2D eigenvalue weighted by Crippen LogP contribution is 2.56. The van der Waals surface area contributed by atoms with Gasteiger partial charge in [-0.25, -0.2) is 19.7 Å². The van der Waals surface area contributed by atoms with Gasteiger partial charge in [-0.05, 0) is 235 Å². The second-order valence-corrected chi connectivity index (χ2v) is 33.1. The summed E-state index contributed by atoms with van der Waals surface area (Å²) >= 11 is 0. The number of hydrogen-bond donors (Lipinski definition) is 9. The molecular weight excluding hydrogens is 1240 g/mol. The quantitative estimate of drug-likeness (QED) is 0.0134. The smallest absolute Gasteiger partial charge is 0.335 e. The first-order valence-corrected chi connectivity index (χ1v) is 35.2. The summed E-state index contributed by atoms with van der Waals surface area (Å²) in [7, 11) is 3.71. The molecule has 12 saturated carbocycles. The Hall–Kier alpha value is -7.51. The number of ketones is 1. The predicted molar refractivity (Wildman–Crippen MR) is 374 cm³/mol. The first-order valence-electron chi connectivity index (χ1n) is 35.2. The van der Waals surface area contributed by atoms with E-state index in [1.807, 2.05) is 60.3 Å². The molecule has 12 fully saturated rings. The summed E-state index contributed by atoms with van der Waals surface area (Å²) in [4.78, 5) is 75.5. The average molecular weight is 1350 g/mol. The van der Waals surface area contributed by atoms with Crippen LogP contribution in [0.1, 0.15) is 201 Å². The van der Waals surface area contributed by atoms with Crippen LogP contribution >= 0.6 is 0 Å². The molecule has 526 valence electrons. The summed E-state index contributed by atoms with van der Waals surface area (Å²) in [5.41, 5.74) is 10.4. The normalized spacial score (nSPS) is 28.6. The number of nitrogens with one attached hydrogen (secondary N) is 5. The van der Waals surface area contributed by atoms with E-state index in [0.29, 0.717) is 52.8 Å². The zero-order valence-corrected chi connectivity index (χ0v) is 59.8. The van der Waals surface area contributed by atoms with Crippen LogP contribution in [0.15, 0.2) is 107 Å². The fraction of sp³-hybridized carbons (Fsp3) is 0.584. The van der Waals surface area contributed by atoms with Crippen molar-refractivity contribution in [3.63, 3.8) is 0 Å². The number of allylic oxidation sites excluding steroid dienone is 1. The highest BCUT2D eigenvalue weighted by atomic mass is 35.5. The van der Waals surface area contributed by atoms with E-state index in [2.05, 4.69) is 94.8 Å². The summed E-state index contributed by atoms with van der Waals surface area (Å²) in [5, 5.41) is 47.1. The number of Topliss-reactive ketones (excluding diaryl/α,β-unsaturated/α-hetero) is 1. The maximum Gasteiger partial charge on any atom is 0.335 e. The molecule has 20 heteroatoms. The van der Waals surface area contributed by atoms with E-state index >= 15 is 0 Å². The van der Waals surface area contributed by atoms with Crippen molar-refractivity contribution in [2.45, 2.75) is 189 Å². The van der Waals surface area contributed by atoms with E-state index in [4.69, 9.17) is 10.2 Å². The SMILES string of the molecule is CC(C)(C)C(O)=C(C=NNc1ccc(C(=O)O)cc1)C(=O)NC1C2CC3CC(C2)CC1C3.CN(C)/C=C(\C(=O)NC1C2CC3CC(C2)CC1C3)C(=O)C(C)(C)C.Cc1ccc(-n2ncc(C(=O)NC3C4CC5CC(C4)CC3C5)c2C(C)(C)C)cc1.[Cl-].[NH3+]Nc1ccc(C(=O)O)cc1. The van der Waals surface area contributed by atoms with Gasteiger partial charge >= 0.3 is 11.9 Å². The van der Waals surface area contributed by atoms with Crippen LogP contribution in [0.4, 0.5) is 11.4 Å². The minimum absolute atomic E-state index is 0. The highest BCUT2D eigenvalue weighted by Gasteiger charge is 2.52. The number of aryl methyl sites for hydroxylation is 1. The Morgan fingerprint density at radius 3 is 1.30 bits per heavy atom. The Labute approximate surface area is 579 Å². The predicted octanol–water partition coefficient (Wildman–Crippen LogP) is 9.56. The van der Waals surface area contributed by atoms with Gasteiger partial charge < -0.3 is 48.6 Å². The van der Waals surface area contributed by atoms with Gasteiger partial charge in [-0.2, -0.15) is 10.2 Å². The van der Waals surface area contributed by atoms with Crippen LogP contribution in [0.25, 0.3) is 5.69 Å². The molecule has 1 heterocycles. The Balaban J connectivity index is 0.000000158. The molecule has 3 amide bonds. The summed E-state index contributed by atoms with van der Waals surface area (Å²) in [5.74, 6) is 9.94. The molecule has 0 spiro atoms. The molecule has 12 bridgehead atoms. The largest absolute Gasteiger partial charge is 1.00 e. The number of quaternary nitrogens is 1. The number of carbonyl (C=O) groups is 6. The molecule has 97 heavy (non-hydrogen) atoms. The van der Waals surface area contributed by atoms with Gasteiger partial charge in [0.15, 0.2) is 5.78 Å². The second kappa shape index (κ2) is 30.3. The van der Waals surface area contributed by atoms with Crippen molar-refractivity contribution in [1.29, 1.82) is 0 Å². The number of halogens is 1. The molecule has 0 unspecified atom stereocenters. The number of amides is 3. The lowest BCUT2D eigenvalue weighted by atomic mass is 9.54. The van der Waals surface area contributed by atoms with Crippen molar-refractivity contribution in [2.24, 2.45) is 86.9 Å². The third-order valence-electron chi connectivity index (χ3n) is 22.2. The number of aromatic carboxylic acids is 2. The maximum absolute atomic E-state index is 13.4. The monoisotopic (exact) mass is 1350 g/mol. The minimum Gasteiger partial charge on any atom is -1.00 e. The van der Waals surface area contributed by atoms with Crippen molar-refractivity contribution in [3.05, 3.63) is 130 Å². The molecular formula is C77H107ClN10O9. The number of hydrogen-bond acceptors (Lipinski definition) is 12. The molecule has 3 aromatic carbocycles. The number of carboxylic acid groups (broad SMARTS) is 2. The van der Waals surface area contributed by atoms with E-state index in [9.17, 15) is 33.9 Å². The van der Waals surface area contributed by atoms with Crippen LogP contribution < -0.4 is 45.1 Å². The Morgan fingerprint density at radius 2 is 0.938 bits per heavy atom. The van der Waals surface area contributed by atoms with Crippen molar-refractivity contribution >= 4 is 53.0 Å². The lowest BCUT2D eigenvalue weighted by Crippen LogP contribution is -3.00. The summed E-state index contributed by atoms with van der Waals surface area (Å²) in [6.07, 6.45) is 24.1. The van der Waals surface area contributed by atoms with Crippen LogP contribution in [-0.2, 0) is 19.8 Å². The number of carbonyl (C=O) groups excluding carboxylic acids is 4. The molecule has 19 nitrogen and oxygen atoms in total. The van der Waals surface area contributed by atoms with Crippen molar-refractivity contribution in [2.75, 3.05) is 24.9 Å². The number of nitrogens with zero attached hydrogens (tertiary/aromatic N) is 4. The first-order chi connectivity index (χ1) is 45.3. The highest BCUT2D eigenvalue weighted by molar-refractivity contribution is 6.21. The van der Waals surface area contributed by atoms with Gasteiger partial charge in [-0.15, -0.1) is 0 Å². The van der Waals surface area contributed by atoms with E-state index < -0.39 is 22.8 Å². The van der Waals surface area contributed by atoms with Gasteiger partial charge in [-0.3, -0.25) is 30.4 Å². The van der Waals surface area contributed by atoms with Crippen LogP contribution in [-0.4, -0.2) is 104 Å². The fourth-order valence-electron chi connectivity index (χ4n) is 18.4. The number of aromatic nitrogens is 2. The second-order valence-electron chi connectivity index (χ2n) is 33.1. The fourth-order valence-corrected chi connectivity index (χ4v) is 18.4. The van der Waals surface area contributed by atoms with E-state index in [1.54, 1.807) is 41.6 Å². The van der Waals surface area contributed by atoms with Crippen LogP contribution in [0.5, 0.6) is 0 Å². The number of anilines is 2. The topological polar surface area (TPSA) is 284 Å². The van der Waals surface area contributed by atoms with E-state index in [1.165, 1.54) is 132 Å². The molecule has 12 aliphatic carbocycles. The number of aliphatic hydroxyl groups is 1. The third kappa shape index (κ3) is 17.7. The standard InChI is InChI=1S/C25H33N3O4.C25H33N3O.C20H32N2O2.C7H8N2O2.ClH/c1-25(2,3)22(29)20(13-26-28-19-6-4-16(5-7-19)24(31)32)23(30)27-21-17-9-14-8-15(11-17)12-18(21)10-14;1-15-5-7-20(8-6-15)28-23(25(2,3)4)21(14-26-28)24(29)27-22-18-10-16-9-17(12-18)13-19(22)11-16;1-20(2,3)18(23)16(11-22(4)5)19(24)21-17-14-7-12-6-13(9-14)10-15(17)8-12;8-9-6-3-1-5(2-4-6)7(10)11;/h4-7,13-15,17-18,21,28-29H,8-12H2,1-3H3,(H,27,30)(H,31,32);5-8,14,16-19,22H,9-13H2,1-4H3,(H,27,29);11-15,17H,6-10H2,1-5H3,(H,21,24);1-4,9H,8H2,(H,10,11);1H/b;;16-11-;;. The Bertz CT molecular complexity index is 3490. The van der Waals surface area contributed by atoms with Gasteiger partial charge in [0, 0.05) is 54.7 Å². The number of rotatable bonds is 15. The number of benzene rings is 3. The molecule has 0 aliphatic heterocycles. The molecule has 4 aromatic rings. The minimum atomic E-state index is -0.998. The van der Waals surface area contributed by atoms with Gasteiger partial charge in [-0.1, -0.05) is 80.0 Å². The lowest BCUT2D eigenvalue weighted by Gasteiger charge is -2.54. The molecule has 0 atom stereocenters. The number of aliphatic hydroxyl groups excluding tert-OH is 1. The van der Waals surface area contributed by atoms with E-state index in [-0.39, 0.29) is 75.9 Å². The zero-order valence-electron chi connectivity index (χ0n) is 59.1. The Kier molecular flexibility index (Phi) is 23.0. The first kappa shape index (κ1) is 73.7.